The SMILES string of the molecule is N=C(c1ccc(-c2ccc(-c3ccc(C(=N)N4CCCCC4)cc3)o2)cc1)N1CCCCC1. The normalized spacial score (nSPS) is 16.6. The monoisotopic (exact) mass is 440 g/mol. The molecule has 3 heterocycles. The maximum absolute atomic E-state index is 8.51. The molecule has 2 N–H and O–H groups in total. The van der Waals surface area contributed by atoms with Crippen LogP contribution in [0.2, 0.25) is 0 Å². The Balaban J connectivity index is 1.27. The van der Waals surface area contributed by atoms with Gasteiger partial charge in [0.05, 0.1) is 0 Å². The van der Waals surface area contributed by atoms with Gasteiger partial charge in [-0.25, -0.2) is 0 Å². The summed E-state index contributed by atoms with van der Waals surface area (Å²) in [5.41, 5.74) is 3.94. The summed E-state index contributed by atoms with van der Waals surface area (Å²) in [4.78, 5) is 4.36. The molecule has 2 aliphatic heterocycles. The van der Waals surface area contributed by atoms with Gasteiger partial charge in [-0.2, -0.15) is 0 Å². The second-order valence-corrected chi connectivity index (χ2v) is 9.11. The molecule has 5 nitrogen and oxygen atoms in total. The predicted molar refractivity (Wildman–Crippen MR) is 134 cm³/mol. The largest absolute Gasteiger partial charge is 0.456 e. The number of amidine groups is 2. The summed E-state index contributed by atoms with van der Waals surface area (Å²) in [5, 5.41) is 17.0. The molecule has 33 heavy (non-hydrogen) atoms. The third-order valence-corrected chi connectivity index (χ3v) is 6.84. The number of nitrogens with zero attached hydrogens (tertiary/aromatic N) is 2. The van der Waals surface area contributed by atoms with E-state index in [4.69, 9.17) is 15.2 Å². The first-order valence-electron chi connectivity index (χ1n) is 12.2. The van der Waals surface area contributed by atoms with Gasteiger partial charge in [-0.3, -0.25) is 10.8 Å². The summed E-state index contributed by atoms with van der Waals surface area (Å²) in [6, 6.07) is 20.3. The number of furan rings is 1. The topological polar surface area (TPSA) is 67.3 Å². The lowest BCUT2D eigenvalue weighted by Crippen LogP contribution is -2.35. The van der Waals surface area contributed by atoms with Crippen LogP contribution >= 0.6 is 0 Å². The van der Waals surface area contributed by atoms with E-state index in [-0.39, 0.29) is 0 Å². The molecule has 0 bridgehead atoms. The molecule has 0 aliphatic carbocycles. The maximum atomic E-state index is 8.51. The van der Waals surface area contributed by atoms with E-state index in [1.807, 2.05) is 60.7 Å². The van der Waals surface area contributed by atoms with Gasteiger partial charge in [0.1, 0.15) is 23.2 Å². The summed E-state index contributed by atoms with van der Waals surface area (Å²) < 4.78 is 6.16. The zero-order valence-electron chi connectivity index (χ0n) is 19.1. The molecule has 5 rings (SSSR count). The van der Waals surface area contributed by atoms with Crippen LogP contribution in [-0.4, -0.2) is 47.7 Å². The quantitative estimate of drug-likeness (QED) is 0.373. The van der Waals surface area contributed by atoms with Gasteiger partial charge in [-0.1, -0.05) is 48.5 Å². The van der Waals surface area contributed by atoms with Crippen molar-refractivity contribution in [3.05, 3.63) is 71.8 Å². The minimum absolute atomic E-state index is 0.622. The van der Waals surface area contributed by atoms with Crippen LogP contribution in [0.15, 0.2) is 65.1 Å². The zero-order chi connectivity index (χ0) is 22.6. The molecular weight excluding hydrogens is 408 g/mol. The van der Waals surface area contributed by atoms with E-state index in [0.29, 0.717) is 11.7 Å². The molecule has 2 aliphatic rings. The molecular formula is C28H32N4O. The highest BCUT2D eigenvalue weighted by molar-refractivity contribution is 5.97. The van der Waals surface area contributed by atoms with E-state index >= 15 is 0 Å². The standard InChI is InChI=1S/C28H32N4O/c29-27(31-17-3-1-4-18-31)23-11-7-21(8-12-23)25-15-16-26(33-25)22-9-13-24(14-10-22)28(30)32-19-5-2-6-20-32/h7-16,29-30H,1-6,17-20H2. The molecule has 0 atom stereocenters. The van der Waals surface area contributed by atoms with E-state index in [0.717, 1.165) is 60.0 Å². The highest BCUT2D eigenvalue weighted by atomic mass is 16.3. The molecule has 0 unspecified atom stereocenters. The third kappa shape index (κ3) is 4.72. The summed E-state index contributed by atoms with van der Waals surface area (Å²) in [6.45, 7) is 3.94. The van der Waals surface area contributed by atoms with Gasteiger partial charge < -0.3 is 14.2 Å². The average Bonchev–Trinajstić information content (AvgIpc) is 3.39. The van der Waals surface area contributed by atoms with E-state index in [1.165, 1.54) is 38.5 Å². The number of hydrogen-bond acceptors (Lipinski definition) is 3. The molecule has 5 heteroatoms. The molecule has 0 spiro atoms. The number of rotatable bonds is 4. The number of hydrogen-bond donors (Lipinski definition) is 2. The lowest BCUT2D eigenvalue weighted by molar-refractivity contribution is 0.341. The van der Waals surface area contributed by atoms with Crippen molar-refractivity contribution in [1.29, 1.82) is 10.8 Å². The van der Waals surface area contributed by atoms with Crippen LogP contribution < -0.4 is 0 Å². The van der Waals surface area contributed by atoms with Crippen molar-refractivity contribution >= 4 is 11.7 Å². The maximum Gasteiger partial charge on any atom is 0.134 e. The van der Waals surface area contributed by atoms with Crippen molar-refractivity contribution in [3.8, 4) is 22.6 Å². The smallest absolute Gasteiger partial charge is 0.134 e. The van der Waals surface area contributed by atoms with Gasteiger partial charge in [-0.05, 0) is 50.7 Å². The first-order valence-corrected chi connectivity index (χ1v) is 12.2. The Morgan fingerprint density at radius 1 is 0.515 bits per heavy atom. The van der Waals surface area contributed by atoms with Gasteiger partial charge in [0.2, 0.25) is 0 Å². The number of likely N-dealkylation sites (tertiary alicyclic amines) is 2. The molecule has 0 amide bonds. The Bertz CT molecular complexity index is 1010. The van der Waals surface area contributed by atoms with Crippen LogP contribution in [0, 0.1) is 10.8 Å². The fourth-order valence-corrected chi connectivity index (χ4v) is 4.83. The molecule has 2 fully saturated rings. The number of benzene rings is 2. The minimum Gasteiger partial charge on any atom is -0.456 e. The number of piperidine rings is 2. The van der Waals surface area contributed by atoms with E-state index in [2.05, 4.69) is 9.80 Å². The molecule has 170 valence electrons. The third-order valence-electron chi connectivity index (χ3n) is 6.84. The van der Waals surface area contributed by atoms with Crippen molar-refractivity contribution in [1.82, 2.24) is 9.80 Å². The Kier molecular flexibility index (Phi) is 6.29. The highest BCUT2D eigenvalue weighted by Gasteiger charge is 2.17. The van der Waals surface area contributed by atoms with Gasteiger partial charge >= 0.3 is 0 Å². The summed E-state index contributed by atoms with van der Waals surface area (Å²) in [7, 11) is 0. The second kappa shape index (κ2) is 9.65. The summed E-state index contributed by atoms with van der Waals surface area (Å²) >= 11 is 0. The first kappa shape index (κ1) is 21.5. The summed E-state index contributed by atoms with van der Waals surface area (Å²) in [5.74, 6) is 2.89. The summed E-state index contributed by atoms with van der Waals surface area (Å²) in [6.07, 6.45) is 7.25. The Hall–Kier alpha value is -3.34. The van der Waals surface area contributed by atoms with Gasteiger partial charge in [0, 0.05) is 48.4 Å². The minimum atomic E-state index is 0.622. The molecule has 0 saturated carbocycles. The second-order valence-electron chi connectivity index (χ2n) is 9.11. The van der Waals surface area contributed by atoms with Gasteiger partial charge in [-0.15, -0.1) is 0 Å². The lowest BCUT2D eigenvalue weighted by Gasteiger charge is -2.29. The molecule has 0 radical (unpaired) electrons. The Labute approximate surface area is 196 Å². The molecule has 1 aromatic heterocycles. The van der Waals surface area contributed by atoms with Crippen molar-refractivity contribution in [2.24, 2.45) is 0 Å². The van der Waals surface area contributed by atoms with Crippen molar-refractivity contribution in [3.63, 3.8) is 0 Å². The Morgan fingerprint density at radius 3 is 1.24 bits per heavy atom. The van der Waals surface area contributed by atoms with Crippen molar-refractivity contribution in [2.45, 2.75) is 38.5 Å². The van der Waals surface area contributed by atoms with Crippen LogP contribution in [0.25, 0.3) is 22.6 Å². The Morgan fingerprint density at radius 2 is 0.879 bits per heavy atom. The van der Waals surface area contributed by atoms with E-state index in [9.17, 15) is 0 Å². The van der Waals surface area contributed by atoms with E-state index in [1.54, 1.807) is 0 Å². The lowest BCUT2D eigenvalue weighted by atomic mass is 10.1. The average molecular weight is 441 g/mol. The van der Waals surface area contributed by atoms with Crippen LogP contribution in [-0.2, 0) is 0 Å². The van der Waals surface area contributed by atoms with Crippen LogP contribution in [0.4, 0.5) is 0 Å². The van der Waals surface area contributed by atoms with Crippen LogP contribution in [0.5, 0.6) is 0 Å². The first-order chi connectivity index (χ1) is 16.2. The van der Waals surface area contributed by atoms with E-state index < -0.39 is 0 Å². The van der Waals surface area contributed by atoms with Crippen molar-refractivity contribution < 1.29 is 4.42 Å². The van der Waals surface area contributed by atoms with Gasteiger partial charge in [0.15, 0.2) is 0 Å². The number of nitrogens with one attached hydrogen (secondary N) is 2. The molecule has 2 saturated heterocycles. The predicted octanol–water partition coefficient (Wildman–Crippen LogP) is 6.24. The fourth-order valence-electron chi connectivity index (χ4n) is 4.83. The fraction of sp³-hybridized carbons (Fsp3) is 0.357. The highest BCUT2D eigenvalue weighted by Crippen LogP contribution is 2.29. The van der Waals surface area contributed by atoms with Crippen LogP contribution in [0.3, 0.4) is 0 Å². The van der Waals surface area contributed by atoms with Crippen molar-refractivity contribution in [2.75, 3.05) is 26.2 Å². The molecule has 3 aromatic rings. The van der Waals surface area contributed by atoms with Gasteiger partial charge in [0.25, 0.3) is 0 Å². The molecule has 2 aromatic carbocycles. The van der Waals surface area contributed by atoms with Crippen LogP contribution in [0.1, 0.15) is 49.7 Å². The zero-order valence-corrected chi connectivity index (χ0v) is 19.1.